The van der Waals surface area contributed by atoms with Gasteiger partial charge in [0.1, 0.15) is 0 Å². The second kappa shape index (κ2) is 6.86. The number of nitrogen functional groups attached to an aromatic ring is 1. The van der Waals surface area contributed by atoms with Gasteiger partial charge < -0.3 is 21.1 Å². The molecule has 1 atom stereocenters. The van der Waals surface area contributed by atoms with Crippen molar-refractivity contribution in [3.05, 3.63) is 23.8 Å². The Labute approximate surface area is 108 Å². The lowest BCUT2D eigenvalue weighted by Gasteiger charge is -2.16. The molecule has 0 spiro atoms. The van der Waals surface area contributed by atoms with Gasteiger partial charge in [0.25, 0.3) is 5.91 Å². The highest BCUT2D eigenvalue weighted by Crippen LogP contribution is 2.19. The van der Waals surface area contributed by atoms with Crippen LogP contribution >= 0.6 is 0 Å². The van der Waals surface area contributed by atoms with Crippen molar-refractivity contribution >= 4 is 17.3 Å². The van der Waals surface area contributed by atoms with Gasteiger partial charge in [-0.3, -0.25) is 4.79 Å². The van der Waals surface area contributed by atoms with Crippen molar-refractivity contribution in [2.45, 2.75) is 20.0 Å². The molecule has 0 saturated heterocycles. The van der Waals surface area contributed by atoms with Gasteiger partial charge in [0, 0.05) is 31.6 Å². The number of amides is 1. The fourth-order valence-corrected chi connectivity index (χ4v) is 1.64. The number of anilines is 2. The fourth-order valence-electron chi connectivity index (χ4n) is 1.64. The van der Waals surface area contributed by atoms with Crippen molar-refractivity contribution in [2.24, 2.45) is 0 Å². The van der Waals surface area contributed by atoms with E-state index in [1.165, 1.54) is 0 Å². The number of ether oxygens (including phenoxy) is 1. The zero-order valence-corrected chi connectivity index (χ0v) is 11.1. The molecule has 0 aliphatic heterocycles. The van der Waals surface area contributed by atoms with Crippen LogP contribution in [0.15, 0.2) is 18.2 Å². The third-order valence-electron chi connectivity index (χ3n) is 2.55. The minimum Gasteiger partial charge on any atom is -0.399 e. The monoisotopic (exact) mass is 251 g/mol. The van der Waals surface area contributed by atoms with Crippen LogP contribution in [0.1, 0.15) is 24.2 Å². The molecule has 5 heteroatoms. The molecule has 5 nitrogen and oxygen atoms in total. The molecule has 1 unspecified atom stereocenters. The summed E-state index contributed by atoms with van der Waals surface area (Å²) in [6.45, 7) is 5.22. The molecule has 0 saturated carbocycles. The fraction of sp³-hybridized carbons (Fsp3) is 0.462. The molecule has 0 fully saturated rings. The topological polar surface area (TPSA) is 76.4 Å². The van der Waals surface area contributed by atoms with Gasteiger partial charge in [-0.1, -0.05) is 0 Å². The summed E-state index contributed by atoms with van der Waals surface area (Å²) in [5, 5.41) is 5.79. The van der Waals surface area contributed by atoms with Crippen LogP contribution in [-0.2, 0) is 4.74 Å². The largest absolute Gasteiger partial charge is 0.399 e. The third-order valence-corrected chi connectivity index (χ3v) is 2.55. The van der Waals surface area contributed by atoms with Gasteiger partial charge in [0.15, 0.2) is 0 Å². The summed E-state index contributed by atoms with van der Waals surface area (Å²) in [7, 11) is 1.60. The Morgan fingerprint density at radius 3 is 2.83 bits per heavy atom. The van der Waals surface area contributed by atoms with Crippen molar-refractivity contribution in [1.29, 1.82) is 0 Å². The summed E-state index contributed by atoms with van der Waals surface area (Å²) >= 11 is 0. The Morgan fingerprint density at radius 1 is 1.50 bits per heavy atom. The Kier molecular flexibility index (Phi) is 5.45. The van der Waals surface area contributed by atoms with E-state index in [4.69, 9.17) is 10.5 Å². The van der Waals surface area contributed by atoms with E-state index in [9.17, 15) is 4.79 Å². The van der Waals surface area contributed by atoms with E-state index in [-0.39, 0.29) is 12.0 Å². The summed E-state index contributed by atoms with van der Waals surface area (Å²) in [5.41, 5.74) is 7.65. The summed E-state index contributed by atoms with van der Waals surface area (Å²) < 4.78 is 5.43. The first-order valence-corrected chi connectivity index (χ1v) is 6.05. The molecule has 100 valence electrons. The van der Waals surface area contributed by atoms with E-state index in [0.717, 1.165) is 5.69 Å². The van der Waals surface area contributed by atoms with Crippen LogP contribution < -0.4 is 16.4 Å². The molecule has 1 aromatic rings. The quantitative estimate of drug-likeness (QED) is 0.669. The van der Waals surface area contributed by atoms with Gasteiger partial charge in [-0.2, -0.15) is 0 Å². The van der Waals surface area contributed by atoms with Crippen molar-refractivity contribution in [2.75, 3.05) is 31.2 Å². The first-order valence-electron chi connectivity index (χ1n) is 6.05. The lowest BCUT2D eigenvalue weighted by atomic mass is 10.1. The molecular formula is C13H21N3O2. The van der Waals surface area contributed by atoms with Gasteiger partial charge in [-0.05, 0) is 32.0 Å². The summed E-state index contributed by atoms with van der Waals surface area (Å²) in [6.07, 6.45) is 0.0777. The van der Waals surface area contributed by atoms with Gasteiger partial charge in [0.05, 0.1) is 11.7 Å². The predicted octanol–water partition coefficient (Wildman–Crippen LogP) is 1.47. The average Bonchev–Trinajstić information content (AvgIpc) is 2.36. The molecule has 0 radical (unpaired) electrons. The summed E-state index contributed by atoms with van der Waals surface area (Å²) in [4.78, 5) is 11.7. The molecule has 4 N–H and O–H groups in total. The molecule has 18 heavy (non-hydrogen) atoms. The molecule has 1 amide bonds. The zero-order valence-electron chi connectivity index (χ0n) is 11.1. The summed E-state index contributed by atoms with van der Waals surface area (Å²) in [5.74, 6) is -0.137. The Morgan fingerprint density at radius 2 is 2.22 bits per heavy atom. The van der Waals surface area contributed by atoms with Gasteiger partial charge in [-0.15, -0.1) is 0 Å². The van der Waals surface area contributed by atoms with Crippen LogP contribution in [-0.4, -0.2) is 32.2 Å². The molecule has 1 rings (SSSR count). The number of benzene rings is 1. The van der Waals surface area contributed by atoms with E-state index in [1.807, 2.05) is 13.8 Å². The Bertz CT molecular complexity index is 407. The van der Waals surface area contributed by atoms with E-state index < -0.39 is 0 Å². The number of carbonyl (C=O) groups excluding carboxylic acids is 1. The van der Waals surface area contributed by atoms with Crippen LogP contribution in [0.2, 0.25) is 0 Å². The molecule has 0 aliphatic rings. The number of rotatable bonds is 6. The minimum atomic E-state index is -0.137. The number of carbonyl (C=O) groups is 1. The first-order chi connectivity index (χ1) is 8.58. The van der Waals surface area contributed by atoms with E-state index in [1.54, 1.807) is 25.2 Å². The van der Waals surface area contributed by atoms with Crippen molar-refractivity contribution < 1.29 is 9.53 Å². The maximum absolute atomic E-state index is 11.7. The van der Waals surface area contributed by atoms with Crippen LogP contribution in [0.3, 0.4) is 0 Å². The van der Waals surface area contributed by atoms with Crippen LogP contribution in [0, 0.1) is 0 Å². The highest BCUT2D eigenvalue weighted by atomic mass is 16.5. The highest BCUT2D eigenvalue weighted by molar-refractivity contribution is 6.00. The summed E-state index contributed by atoms with van der Waals surface area (Å²) in [6, 6.07) is 5.17. The SMILES string of the molecule is CCOC(C)CNc1cc(N)ccc1C(=O)NC. The number of nitrogens with one attached hydrogen (secondary N) is 2. The van der Waals surface area contributed by atoms with Crippen LogP contribution in [0.25, 0.3) is 0 Å². The molecule has 1 aromatic carbocycles. The van der Waals surface area contributed by atoms with Crippen molar-refractivity contribution in [1.82, 2.24) is 5.32 Å². The lowest BCUT2D eigenvalue weighted by Crippen LogP contribution is -2.23. The Hall–Kier alpha value is -1.75. The van der Waals surface area contributed by atoms with Gasteiger partial charge in [-0.25, -0.2) is 0 Å². The molecule has 0 heterocycles. The average molecular weight is 251 g/mol. The predicted molar refractivity (Wildman–Crippen MR) is 73.8 cm³/mol. The molecular weight excluding hydrogens is 230 g/mol. The molecule has 0 aliphatic carbocycles. The number of nitrogens with two attached hydrogens (primary N) is 1. The number of hydrogen-bond acceptors (Lipinski definition) is 4. The van der Waals surface area contributed by atoms with E-state index >= 15 is 0 Å². The number of hydrogen-bond donors (Lipinski definition) is 3. The van der Waals surface area contributed by atoms with Crippen LogP contribution in [0.4, 0.5) is 11.4 Å². The first kappa shape index (κ1) is 14.3. The highest BCUT2D eigenvalue weighted by Gasteiger charge is 2.11. The van der Waals surface area contributed by atoms with Crippen molar-refractivity contribution in [3.63, 3.8) is 0 Å². The second-order valence-corrected chi connectivity index (χ2v) is 4.03. The van der Waals surface area contributed by atoms with Gasteiger partial charge in [0.2, 0.25) is 0 Å². The second-order valence-electron chi connectivity index (χ2n) is 4.03. The maximum atomic E-state index is 11.7. The minimum absolute atomic E-state index is 0.0777. The molecule has 0 aromatic heterocycles. The van der Waals surface area contributed by atoms with Crippen molar-refractivity contribution in [3.8, 4) is 0 Å². The maximum Gasteiger partial charge on any atom is 0.253 e. The standard InChI is InChI=1S/C13H21N3O2/c1-4-18-9(2)8-16-12-7-10(14)5-6-11(12)13(17)15-3/h5-7,9,16H,4,8,14H2,1-3H3,(H,15,17). The van der Waals surface area contributed by atoms with E-state index in [2.05, 4.69) is 10.6 Å². The lowest BCUT2D eigenvalue weighted by molar-refractivity contribution is 0.0854. The third kappa shape index (κ3) is 3.92. The molecule has 0 bridgehead atoms. The zero-order chi connectivity index (χ0) is 13.5. The normalized spacial score (nSPS) is 11.9. The Balaban J connectivity index is 2.79. The van der Waals surface area contributed by atoms with E-state index in [0.29, 0.717) is 24.4 Å². The van der Waals surface area contributed by atoms with Crippen LogP contribution in [0.5, 0.6) is 0 Å². The van der Waals surface area contributed by atoms with Gasteiger partial charge >= 0.3 is 0 Å². The smallest absolute Gasteiger partial charge is 0.253 e.